The summed E-state index contributed by atoms with van der Waals surface area (Å²) in [5.74, 6) is 1.10. The van der Waals surface area contributed by atoms with Gasteiger partial charge in [-0.1, -0.05) is 0 Å². The SMILES string of the molecule is CC(C)Oc1cc(SCC(O)CO)ccc1N. The number of aliphatic hydroxyl groups excluding tert-OH is 2. The highest BCUT2D eigenvalue weighted by atomic mass is 32.2. The zero-order valence-electron chi connectivity index (χ0n) is 10.1. The second kappa shape index (κ2) is 6.74. The Labute approximate surface area is 106 Å². The molecule has 0 amide bonds. The summed E-state index contributed by atoms with van der Waals surface area (Å²) in [6.45, 7) is 3.65. The normalized spacial score (nSPS) is 12.8. The smallest absolute Gasteiger partial charge is 0.143 e. The van der Waals surface area contributed by atoms with Crippen LogP contribution in [0.3, 0.4) is 0 Å². The largest absolute Gasteiger partial charge is 0.489 e. The average molecular weight is 257 g/mol. The molecule has 0 aliphatic heterocycles. The topological polar surface area (TPSA) is 75.7 Å². The van der Waals surface area contributed by atoms with Gasteiger partial charge in [0.1, 0.15) is 5.75 Å². The van der Waals surface area contributed by atoms with Gasteiger partial charge in [0.25, 0.3) is 0 Å². The summed E-state index contributed by atoms with van der Waals surface area (Å²) < 4.78 is 5.57. The number of hydrogen-bond acceptors (Lipinski definition) is 5. The molecule has 0 saturated carbocycles. The Morgan fingerprint density at radius 2 is 2.12 bits per heavy atom. The van der Waals surface area contributed by atoms with Crippen LogP contribution in [0, 0.1) is 0 Å². The molecule has 0 spiro atoms. The van der Waals surface area contributed by atoms with Gasteiger partial charge in [0, 0.05) is 10.6 Å². The van der Waals surface area contributed by atoms with Crippen LogP contribution >= 0.6 is 11.8 Å². The predicted octanol–water partition coefficient (Wildman–Crippen LogP) is 1.50. The van der Waals surface area contributed by atoms with Crippen molar-refractivity contribution in [1.29, 1.82) is 0 Å². The van der Waals surface area contributed by atoms with Crippen molar-refractivity contribution >= 4 is 17.4 Å². The van der Waals surface area contributed by atoms with E-state index >= 15 is 0 Å². The molecule has 0 aliphatic rings. The second-order valence-electron chi connectivity index (χ2n) is 4.01. The van der Waals surface area contributed by atoms with E-state index in [1.807, 2.05) is 26.0 Å². The van der Waals surface area contributed by atoms with Crippen molar-refractivity contribution in [1.82, 2.24) is 0 Å². The van der Waals surface area contributed by atoms with E-state index in [9.17, 15) is 5.11 Å². The fraction of sp³-hybridized carbons (Fsp3) is 0.500. The van der Waals surface area contributed by atoms with Gasteiger partial charge in [0.15, 0.2) is 0 Å². The highest BCUT2D eigenvalue weighted by molar-refractivity contribution is 7.99. The monoisotopic (exact) mass is 257 g/mol. The molecule has 0 radical (unpaired) electrons. The third-order valence-electron chi connectivity index (χ3n) is 2.00. The van der Waals surface area contributed by atoms with Gasteiger partial charge >= 0.3 is 0 Å². The number of aliphatic hydroxyl groups is 2. The van der Waals surface area contributed by atoms with Crippen molar-refractivity contribution in [3.05, 3.63) is 18.2 Å². The van der Waals surface area contributed by atoms with Crippen LogP contribution in [-0.4, -0.2) is 34.8 Å². The van der Waals surface area contributed by atoms with Gasteiger partial charge in [-0.05, 0) is 32.0 Å². The maximum Gasteiger partial charge on any atom is 0.143 e. The van der Waals surface area contributed by atoms with Crippen LogP contribution in [0.2, 0.25) is 0 Å². The van der Waals surface area contributed by atoms with Crippen LogP contribution in [0.4, 0.5) is 5.69 Å². The Hall–Kier alpha value is -0.910. The first-order valence-electron chi connectivity index (χ1n) is 5.50. The molecule has 1 rings (SSSR count). The highest BCUT2D eigenvalue weighted by Gasteiger charge is 2.07. The van der Waals surface area contributed by atoms with Crippen molar-refractivity contribution in [2.45, 2.75) is 31.0 Å². The fourth-order valence-electron chi connectivity index (χ4n) is 1.21. The van der Waals surface area contributed by atoms with Crippen LogP contribution in [0.25, 0.3) is 0 Å². The van der Waals surface area contributed by atoms with Crippen molar-refractivity contribution in [3.8, 4) is 5.75 Å². The minimum absolute atomic E-state index is 0.0700. The van der Waals surface area contributed by atoms with Crippen molar-refractivity contribution in [3.63, 3.8) is 0 Å². The number of nitrogens with two attached hydrogens (primary N) is 1. The van der Waals surface area contributed by atoms with E-state index in [0.717, 1.165) is 4.90 Å². The Kier molecular flexibility index (Phi) is 5.61. The summed E-state index contributed by atoms with van der Waals surface area (Å²) >= 11 is 1.46. The lowest BCUT2D eigenvalue weighted by atomic mass is 10.3. The molecule has 4 N–H and O–H groups in total. The average Bonchev–Trinajstić information content (AvgIpc) is 2.29. The molecule has 0 bridgehead atoms. The maximum atomic E-state index is 9.26. The van der Waals surface area contributed by atoms with Crippen LogP contribution in [0.5, 0.6) is 5.75 Å². The van der Waals surface area contributed by atoms with Crippen LogP contribution in [0.1, 0.15) is 13.8 Å². The van der Waals surface area contributed by atoms with Gasteiger partial charge < -0.3 is 20.7 Å². The third-order valence-corrected chi connectivity index (χ3v) is 3.14. The van der Waals surface area contributed by atoms with Crippen molar-refractivity contribution < 1.29 is 14.9 Å². The van der Waals surface area contributed by atoms with Gasteiger partial charge in [-0.3, -0.25) is 0 Å². The van der Waals surface area contributed by atoms with Gasteiger partial charge in [-0.25, -0.2) is 0 Å². The lowest BCUT2D eigenvalue weighted by Gasteiger charge is -2.13. The molecular formula is C12H19NO3S. The Balaban J connectivity index is 2.67. The highest BCUT2D eigenvalue weighted by Crippen LogP contribution is 2.29. The molecule has 1 atom stereocenters. The zero-order chi connectivity index (χ0) is 12.8. The van der Waals surface area contributed by atoms with Gasteiger partial charge in [-0.15, -0.1) is 11.8 Å². The minimum atomic E-state index is -0.702. The summed E-state index contributed by atoms with van der Waals surface area (Å²) in [5.41, 5.74) is 6.40. The Bertz CT molecular complexity index is 358. The van der Waals surface area contributed by atoms with Gasteiger partial charge in [-0.2, -0.15) is 0 Å². The molecule has 0 aliphatic carbocycles. The number of ether oxygens (including phenoxy) is 1. The fourth-order valence-corrected chi connectivity index (χ4v) is 2.05. The molecule has 0 heterocycles. The number of anilines is 1. The van der Waals surface area contributed by atoms with Crippen LogP contribution < -0.4 is 10.5 Å². The van der Waals surface area contributed by atoms with E-state index in [-0.39, 0.29) is 12.7 Å². The first-order valence-corrected chi connectivity index (χ1v) is 6.49. The van der Waals surface area contributed by atoms with Gasteiger partial charge in [0.2, 0.25) is 0 Å². The molecule has 0 saturated heterocycles. The summed E-state index contributed by atoms with van der Waals surface area (Å²) in [7, 11) is 0. The molecule has 96 valence electrons. The summed E-state index contributed by atoms with van der Waals surface area (Å²) in [6, 6.07) is 5.51. The number of rotatable bonds is 6. The van der Waals surface area contributed by atoms with Crippen molar-refractivity contribution in [2.24, 2.45) is 0 Å². The van der Waals surface area contributed by atoms with E-state index in [0.29, 0.717) is 17.2 Å². The third kappa shape index (κ3) is 4.85. The lowest BCUT2D eigenvalue weighted by Crippen LogP contribution is -2.14. The molecule has 5 heteroatoms. The van der Waals surface area contributed by atoms with E-state index in [1.54, 1.807) is 6.07 Å². The zero-order valence-corrected chi connectivity index (χ0v) is 10.9. The molecule has 1 aromatic carbocycles. The summed E-state index contributed by atoms with van der Waals surface area (Å²) in [4.78, 5) is 0.961. The second-order valence-corrected chi connectivity index (χ2v) is 5.11. The quantitative estimate of drug-likeness (QED) is 0.532. The first-order chi connectivity index (χ1) is 8.02. The molecule has 0 aromatic heterocycles. The Morgan fingerprint density at radius 1 is 1.41 bits per heavy atom. The Morgan fingerprint density at radius 3 is 2.71 bits per heavy atom. The van der Waals surface area contributed by atoms with E-state index in [2.05, 4.69) is 0 Å². The van der Waals surface area contributed by atoms with Crippen LogP contribution in [0.15, 0.2) is 23.1 Å². The lowest BCUT2D eigenvalue weighted by molar-refractivity contribution is 0.113. The number of thioether (sulfide) groups is 1. The number of nitrogen functional groups attached to an aromatic ring is 1. The standard InChI is InChI=1S/C12H19NO3S/c1-8(2)16-12-5-10(3-4-11(12)13)17-7-9(15)6-14/h3-5,8-9,14-15H,6-7,13H2,1-2H3. The molecule has 0 fully saturated rings. The predicted molar refractivity (Wildman–Crippen MR) is 70.4 cm³/mol. The molecule has 17 heavy (non-hydrogen) atoms. The van der Waals surface area contributed by atoms with Crippen LogP contribution in [-0.2, 0) is 0 Å². The van der Waals surface area contributed by atoms with E-state index < -0.39 is 6.10 Å². The van der Waals surface area contributed by atoms with E-state index in [1.165, 1.54) is 11.8 Å². The molecular weight excluding hydrogens is 238 g/mol. The van der Waals surface area contributed by atoms with Gasteiger partial charge in [0.05, 0.1) is 24.5 Å². The first kappa shape index (κ1) is 14.2. The number of hydrogen-bond donors (Lipinski definition) is 3. The molecule has 4 nitrogen and oxygen atoms in total. The van der Waals surface area contributed by atoms with E-state index in [4.69, 9.17) is 15.6 Å². The summed E-state index contributed by atoms with van der Waals surface area (Å²) in [5, 5.41) is 18.0. The van der Waals surface area contributed by atoms with Crippen molar-refractivity contribution in [2.75, 3.05) is 18.1 Å². The molecule has 1 aromatic rings. The number of benzene rings is 1. The maximum absolute atomic E-state index is 9.26. The minimum Gasteiger partial charge on any atom is -0.489 e. The summed E-state index contributed by atoms with van der Waals surface area (Å²) in [6.07, 6.45) is -0.632. The molecule has 1 unspecified atom stereocenters.